The SMILES string of the molecule is Cc1ccc(Cl)c(C(=O)Nc2ccc(CCCC(=O)O)cc2)c1.O=C(O)CCCCCCCCNC(=O)/C=C/c1ccccc1. The van der Waals surface area contributed by atoms with Gasteiger partial charge in [-0.05, 0) is 74.1 Å². The lowest BCUT2D eigenvalue weighted by Gasteiger charge is -2.08. The van der Waals surface area contributed by atoms with Crippen LogP contribution in [0.15, 0.2) is 78.9 Å². The number of hydrogen-bond donors (Lipinski definition) is 4. The van der Waals surface area contributed by atoms with E-state index in [-0.39, 0.29) is 24.7 Å². The zero-order valence-corrected chi connectivity index (χ0v) is 26.5. The van der Waals surface area contributed by atoms with E-state index in [0.717, 1.165) is 55.2 Å². The summed E-state index contributed by atoms with van der Waals surface area (Å²) < 4.78 is 0. The van der Waals surface area contributed by atoms with Crippen LogP contribution in [0, 0.1) is 6.92 Å². The third-order valence-corrected chi connectivity index (χ3v) is 7.11. The molecule has 3 rings (SSSR count). The van der Waals surface area contributed by atoms with Gasteiger partial charge in [-0.3, -0.25) is 19.2 Å². The van der Waals surface area contributed by atoms with E-state index in [1.807, 2.05) is 55.5 Å². The van der Waals surface area contributed by atoms with Crippen molar-refractivity contribution >= 4 is 47.1 Å². The van der Waals surface area contributed by atoms with Gasteiger partial charge in [-0.2, -0.15) is 0 Å². The number of carbonyl (C=O) groups excluding carboxylic acids is 2. The fraction of sp³-hybridized carbons (Fsp3) is 0.333. The van der Waals surface area contributed by atoms with Crippen LogP contribution in [-0.4, -0.2) is 40.5 Å². The molecule has 0 spiro atoms. The molecule has 0 bridgehead atoms. The number of halogens is 1. The van der Waals surface area contributed by atoms with E-state index < -0.39 is 11.9 Å². The summed E-state index contributed by atoms with van der Waals surface area (Å²) in [6.45, 7) is 2.59. The fourth-order valence-corrected chi connectivity index (χ4v) is 4.53. The number of nitrogens with one attached hydrogen (secondary N) is 2. The summed E-state index contributed by atoms with van der Waals surface area (Å²) in [5.74, 6) is -1.82. The zero-order chi connectivity index (χ0) is 32.9. The highest BCUT2D eigenvalue weighted by molar-refractivity contribution is 6.34. The molecule has 0 radical (unpaired) electrons. The summed E-state index contributed by atoms with van der Waals surface area (Å²) in [5, 5.41) is 23.2. The number of aliphatic carboxylic acids is 2. The average Bonchev–Trinajstić information content (AvgIpc) is 3.01. The van der Waals surface area contributed by atoms with Crippen LogP contribution in [0.1, 0.15) is 84.8 Å². The van der Waals surface area contributed by atoms with Crippen molar-refractivity contribution in [3.05, 3.63) is 106 Å². The van der Waals surface area contributed by atoms with Gasteiger partial charge >= 0.3 is 11.9 Å². The summed E-state index contributed by atoms with van der Waals surface area (Å²) in [4.78, 5) is 44.7. The molecule has 240 valence electrons. The van der Waals surface area contributed by atoms with Crippen LogP contribution in [0.25, 0.3) is 6.08 Å². The molecule has 0 aliphatic carbocycles. The van der Waals surface area contributed by atoms with E-state index in [1.165, 1.54) is 0 Å². The van der Waals surface area contributed by atoms with Gasteiger partial charge in [0.05, 0.1) is 10.6 Å². The fourth-order valence-electron chi connectivity index (χ4n) is 4.32. The first-order chi connectivity index (χ1) is 21.6. The van der Waals surface area contributed by atoms with Crippen LogP contribution in [0.5, 0.6) is 0 Å². The van der Waals surface area contributed by atoms with E-state index >= 15 is 0 Å². The molecule has 4 N–H and O–H groups in total. The Bertz CT molecular complexity index is 1390. The van der Waals surface area contributed by atoms with Gasteiger partial charge in [0.1, 0.15) is 0 Å². The van der Waals surface area contributed by atoms with Gasteiger partial charge in [0.2, 0.25) is 5.91 Å². The molecule has 3 aromatic carbocycles. The Balaban J connectivity index is 0.000000314. The summed E-state index contributed by atoms with van der Waals surface area (Å²) in [6, 6.07) is 22.4. The Hall–Kier alpha value is -4.43. The maximum Gasteiger partial charge on any atom is 0.303 e. The Morgan fingerprint density at radius 2 is 1.38 bits per heavy atom. The Morgan fingerprint density at radius 1 is 0.756 bits per heavy atom. The first kappa shape index (κ1) is 36.8. The average molecular weight is 635 g/mol. The number of aryl methyl sites for hydroxylation is 2. The van der Waals surface area contributed by atoms with E-state index in [1.54, 1.807) is 36.4 Å². The van der Waals surface area contributed by atoms with Crippen molar-refractivity contribution in [3.63, 3.8) is 0 Å². The number of carboxylic acid groups (broad SMARTS) is 2. The van der Waals surface area contributed by atoms with Crippen LogP contribution < -0.4 is 10.6 Å². The molecule has 0 atom stereocenters. The molecule has 0 aromatic heterocycles. The van der Waals surface area contributed by atoms with Gasteiger partial charge in [-0.25, -0.2) is 0 Å². The lowest BCUT2D eigenvalue weighted by molar-refractivity contribution is -0.138. The van der Waals surface area contributed by atoms with Crippen molar-refractivity contribution in [3.8, 4) is 0 Å². The number of amides is 2. The molecule has 0 unspecified atom stereocenters. The van der Waals surface area contributed by atoms with Crippen molar-refractivity contribution in [1.82, 2.24) is 5.32 Å². The van der Waals surface area contributed by atoms with Crippen LogP contribution >= 0.6 is 11.6 Å². The van der Waals surface area contributed by atoms with E-state index in [4.69, 9.17) is 21.8 Å². The zero-order valence-electron chi connectivity index (χ0n) is 25.8. The highest BCUT2D eigenvalue weighted by Crippen LogP contribution is 2.20. The van der Waals surface area contributed by atoms with E-state index in [9.17, 15) is 19.2 Å². The molecule has 8 nitrogen and oxygen atoms in total. The number of hydrogen-bond acceptors (Lipinski definition) is 4. The highest BCUT2D eigenvalue weighted by Gasteiger charge is 2.11. The molecule has 0 aliphatic heterocycles. The minimum atomic E-state index is -0.788. The highest BCUT2D eigenvalue weighted by atomic mass is 35.5. The molecular formula is C36H43ClN2O6. The predicted molar refractivity (Wildman–Crippen MR) is 180 cm³/mol. The molecule has 0 fully saturated rings. The first-order valence-corrected chi connectivity index (χ1v) is 15.6. The number of carboxylic acids is 2. The van der Waals surface area contributed by atoms with Crippen LogP contribution in [0.3, 0.4) is 0 Å². The number of unbranched alkanes of at least 4 members (excludes halogenated alkanes) is 5. The lowest BCUT2D eigenvalue weighted by Crippen LogP contribution is -2.21. The number of rotatable bonds is 17. The third-order valence-electron chi connectivity index (χ3n) is 6.78. The maximum absolute atomic E-state index is 12.3. The summed E-state index contributed by atoms with van der Waals surface area (Å²) in [5.41, 5.74) is 4.14. The van der Waals surface area contributed by atoms with Gasteiger partial charge in [0.15, 0.2) is 0 Å². The number of benzene rings is 3. The van der Waals surface area contributed by atoms with Crippen LogP contribution in [-0.2, 0) is 20.8 Å². The molecule has 9 heteroatoms. The summed E-state index contributed by atoms with van der Waals surface area (Å²) >= 11 is 6.06. The Morgan fingerprint density at radius 3 is 2.04 bits per heavy atom. The first-order valence-electron chi connectivity index (χ1n) is 15.2. The number of carbonyl (C=O) groups is 4. The normalized spacial score (nSPS) is 10.5. The standard InChI is InChI=1S/C18H18ClNO3.C18H25NO3/c1-12-5-10-16(19)15(11-12)18(23)20-14-8-6-13(7-9-14)3-2-4-17(21)22;20-17(14-13-16-10-6-5-7-11-16)19-15-9-4-2-1-3-8-12-18(21)22/h5-11H,2-4H2,1H3,(H,20,23)(H,21,22);5-7,10-11,13-14H,1-4,8-9,12,15H2,(H,19,20)(H,21,22)/b;14-13+. The predicted octanol–water partition coefficient (Wildman–Crippen LogP) is 7.94. The van der Waals surface area contributed by atoms with Crippen molar-refractivity contribution in [2.24, 2.45) is 0 Å². The van der Waals surface area contributed by atoms with Crippen molar-refractivity contribution in [2.45, 2.75) is 71.1 Å². The van der Waals surface area contributed by atoms with Crippen molar-refractivity contribution < 1.29 is 29.4 Å². The molecule has 0 aliphatic rings. The van der Waals surface area contributed by atoms with Gasteiger partial charge in [-0.15, -0.1) is 0 Å². The van der Waals surface area contributed by atoms with Gasteiger partial charge < -0.3 is 20.8 Å². The second kappa shape index (κ2) is 21.3. The lowest BCUT2D eigenvalue weighted by atomic mass is 10.1. The third kappa shape index (κ3) is 16.9. The maximum atomic E-state index is 12.3. The Labute approximate surface area is 270 Å². The molecule has 3 aromatic rings. The molecule has 0 saturated carbocycles. The molecule has 2 amide bonds. The minimum absolute atomic E-state index is 0.0645. The Kier molecular flexibility index (Phi) is 17.4. The monoisotopic (exact) mass is 634 g/mol. The quantitative estimate of drug-likeness (QED) is 0.0880. The second-order valence-electron chi connectivity index (χ2n) is 10.7. The van der Waals surface area contributed by atoms with E-state index in [0.29, 0.717) is 35.7 Å². The van der Waals surface area contributed by atoms with Crippen molar-refractivity contribution in [2.75, 3.05) is 11.9 Å². The second-order valence-corrected chi connectivity index (χ2v) is 11.1. The molecule has 45 heavy (non-hydrogen) atoms. The van der Waals surface area contributed by atoms with Gasteiger partial charge in [0, 0.05) is 31.1 Å². The van der Waals surface area contributed by atoms with Crippen LogP contribution in [0.4, 0.5) is 5.69 Å². The van der Waals surface area contributed by atoms with Crippen LogP contribution in [0.2, 0.25) is 5.02 Å². The molecule has 0 saturated heterocycles. The smallest absolute Gasteiger partial charge is 0.303 e. The summed E-state index contributed by atoms with van der Waals surface area (Å²) in [6.07, 6.45) is 11.0. The molecular weight excluding hydrogens is 592 g/mol. The van der Waals surface area contributed by atoms with Gasteiger partial charge in [-0.1, -0.05) is 91.4 Å². The molecule has 0 heterocycles. The summed E-state index contributed by atoms with van der Waals surface area (Å²) in [7, 11) is 0. The van der Waals surface area contributed by atoms with Crippen molar-refractivity contribution in [1.29, 1.82) is 0 Å². The van der Waals surface area contributed by atoms with E-state index in [2.05, 4.69) is 10.6 Å². The topological polar surface area (TPSA) is 133 Å². The number of anilines is 1. The largest absolute Gasteiger partial charge is 0.481 e. The van der Waals surface area contributed by atoms with Gasteiger partial charge in [0.25, 0.3) is 5.91 Å². The minimum Gasteiger partial charge on any atom is -0.481 e.